The van der Waals surface area contributed by atoms with Crippen LogP contribution >= 0.6 is 15.9 Å². The summed E-state index contributed by atoms with van der Waals surface area (Å²) in [6.45, 7) is 0.625. The van der Waals surface area contributed by atoms with Crippen LogP contribution in [0, 0.1) is 0 Å². The lowest BCUT2D eigenvalue weighted by Crippen LogP contribution is -2.37. The summed E-state index contributed by atoms with van der Waals surface area (Å²) in [7, 11) is 0. The van der Waals surface area contributed by atoms with E-state index in [0.29, 0.717) is 6.54 Å². The molecular formula is C10H11BrN2O2. The summed E-state index contributed by atoms with van der Waals surface area (Å²) < 4.78 is 0.951. The highest BCUT2D eigenvalue weighted by atomic mass is 79.9. The van der Waals surface area contributed by atoms with Crippen molar-refractivity contribution in [2.24, 2.45) is 0 Å². The van der Waals surface area contributed by atoms with Gasteiger partial charge in [0, 0.05) is 16.9 Å². The summed E-state index contributed by atoms with van der Waals surface area (Å²) in [5, 5.41) is 9.02. The fourth-order valence-corrected chi connectivity index (χ4v) is 2.38. The van der Waals surface area contributed by atoms with Gasteiger partial charge in [0.1, 0.15) is 6.04 Å². The molecule has 15 heavy (non-hydrogen) atoms. The third-order valence-corrected chi connectivity index (χ3v) is 3.27. The molecule has 3 N–H and O–H groups in total. The average Bonchev–Trinajstić information content (AvgIpc) is 2.67. The standard InChI is InChI=1S/C10H11BrN2O2/c11-8-4-2-1-3-6(8)7-5-12-13-9(7)10(14)15/h1-4,7,9,12-13H,5H2,(H,14,15). The third kappa shape index (κ3) is 2.04. The molecule has 0 saturated carbocycles. The Morgan fingerprint density at radius 3 is 2.87 bits per heavy atom. The van der Waals surface area contributed by atoms with Gasteiger partial charge in [-0.15, -0.1) is 0 Å². The molecule has 5 heteroatoms. The van der Waals surface area contributed by atoms with Gasteiger partial charge in [0.2, 0.25) is 0 Å². The van der Waals surface area contributed by atoms with Crippen LogP contribution in [0.4, 0.5) is 0 Å². The number of benzene rings is 1. The Kier molecular flexibility index (Phi) is 3.04. The molecule has 0 aliphatic carbocycles. The molecule has 1 aromatic carbocycles. The number of hydrogen-bond acceptors (Lipinski definition) is 3. The van der Waals surface area contributed by atoms with Crippen LogP contribution in [0.1, 0.15) is 11.5 Å². The number of carbonyl (C=O) groups is 1. The molecule has 1 saturated heterocycles. The lowest BCUT2D eigenvalue weighted by atomic mass is 9.93. The lowest BCUT2D eigenvalue weighted by Gasteiger charge is -2.15. The van der Waals surface area contributed by atoms with Gasteiger partial charge in [-0.2, -0.15) is 0 Å². The van der Waals surface area contributed by atoms with E-state index >= 15 is 0 Å². The maximum Gasteiger partial charge on any atom is 0.322 e. The largest absolute Gasteiger partial charge is 0.480 e. The molecule has 0 spiro atoms. The number of halogens is 1. The summed E-state index contributed by atoms with van der Waals surface area (Å²) >= 11 is 3.43. The van der Waals surface area contributed by atoms with Crippen molar-refractivity contribution in [1.82, 2.24) is 10.9 Å². The normalized spacial score (nSPS) is 25.4. The molecule has 1 heterocycles. The highest BCUT2D eigenvalue weighted by Gasteiger charge is 2.34. The number of nitrogens with one attached hydrogen (secondary N) is 2. The second kappa shape index (κ2) is 4.30. The second-order valence-corrected chi connectivity index (χ2v) is 4.32. The average molecular weight is 271 g/mol. The Labute approximate surface area is 95.8 Å². The minimum atomic E-state index is -0.833. The molecule has 0 aromatic heterocycles. The summed E-state index contributed by atoms with van der Waals surface area (Å²) in [6, 6.07) is 7.13. The molecule has 80 valence electrons. The molecule has 4 nitrogen and oxygen atoms in total. The molecular weight excluding hydrogens is 260 g/mol. The summed E-state index contributed by atoms with van der Waals surface area (Å²) in [5.74, 6) is -0.876. The number of hydrazine groups is 1. The molecule has 2 atom stereocenters. The van der Waals surface area contributed by atoms with Gasteiger partial charge in [0.25, 0.3) is 0 Å². The number of hydrogen-bond donors (Lipinski definition) is 3. The van der Waals surface area contributed by atoms with Gasteiger partial charge < -0.3 is 5.11 Å². The Morgan fingerprint density at radius 1 is 1.47 bits per heavy atom. The van der Waals surface area contributed by atoms with Gasteiger partial charge in [-0.05, 0) is 11.6 Å². The highest BCUT2D eigenvalue weighted by Crippen LogP contribution is 2.28. The van der Waals surface area contributed by atoms with Crippen molar-refractivity contribution in [2.75, 3.05) is 6.54 Å². The van der Waals surface area contributed by atoms with Crippen LogP contribution in [0.5, 0.6) is 0 Å². The molecule has 1 fully saturated rings. The zero-order valence-corrected chi connectivity index (χ0v) is 9.49. The Bertz CT molecular complexity index is 383. The first kappa shape index (κ1) is 10.6. The lowest BCUT2D eigenvalue weighted by molar-refractivity contribution is -0.139. The number of aliphatic carboxylic acids is 1. The van der Waals surface area contributed by atoms with Crippen LogP contribution in [0.3, 0.4) is 0 Å². The molecule has 1 aliphatic rings. The van der Waals surface area contributed by atoms with E-state index in [2.05, 4.69) is 26.8 Å². The first-order chi connectivity index (χ1) is 7.20. The molecule has 0 bridgehead atoms. The SMILES string of the molecule is O=C(O)C1NNCC1c1ccccc1Br. The topological polar surface area (TPSA) is 61.4 Å². The minimum absolute atomic E-state index is 0.0434. The van der Waals surface area contributed by atoms with E-state index in [1.54, 1.807) is 0 Å². The zero-order chi connectivity index (χ0) is 10.8. The highest BCUT2D eigenvalue weighted by molar-refractivity contribution is 9.10. The van der Waals surface area contributed by atoms with Gasteiger partial charge in [-0.25, -0.2) is 5.43 Å². The fraction of sp³-hybridized carbons (Fsp3) is 0.300. The predicted octanol–water partition coefficient (Wildman–Crippen LogP) is 1.09. The quantitative estimate of drug-likeness (QED) is 0.753. The second-order valence-electron chi connectivity index (χ2n) is 3.47. The Morgan fingerprint density at radius 2 is 2.20 bits per heavy atom. The Hall–Kier alpha value is -0.910. The zero-order valence-electron chi connectivity index (χ0n) is 7.90. The minimum Gasteiger partial charge on any atom is -0.480 e. The predicted molar refractivity (Wildman–Crippen MR) is 59.4 cm³/mol. The molecule has 1 aromatic rings. The van der Waals surface area contributed by atoms with E-state index in [1.807, 2.05) is 24.3 Å². The summed E-state index contributed by atoms with van der Waals surface area (Å²) in [4.78, 5) is 11.0. The van der Waals surface area contributed by atoms with Crippen molar-refractivity contribution in [2.45, 2.75) is 12.0 Å². The summed E-state index contributed by atoms with van der Waals surface area (Å²) in [6.07, 6.45) is 0. The molecule has 1 aliphatic heterocycles. The van der Waals surface area contributed by atoms with Crippen molar-refractivity contribution >= 4 is 21.9 Å². The van der Waals surface area contributed by atoms with E-state index in [0.717, 1.165) is 10.0 Å². The van der Waals surface area contributed by atoms with Gasteiger partial charge in [-0.1, -0.05) is 34.1 Å². The third-order valence-electron chi connectivity index (χ3n) is 2.55. The molecule has 0 amide bonds. The molecule has 2 rings (SSSR count). The van der Waals surface area contributed by atoms with E-state index in [4.69, 9.17) is 5.11 Å². The van der Waals surface area contributed by atoms with Gasteiger partial charge in [0.15, 0.2) is 0 Å². The van der Waals surface area contributed by atoms with Gasteiger partial charge in [0.05, 0.1) is 0 Å². The van der Waals surface area contributed by atoms with Gasteiger partial charge in [-0.3, -0.25) is 10.2 Å². The van der Waals surface area contributed by atoms with Crippen LogP contribution < -0.4 is 10.9 Å². The van der Waals surface area contributed by atoms with Crippen molar-refractivity contribution in [1.29, 1.82) is 0 Å². The van der Waals surface area contributed by atoms with Crippen molar-refractivity contribution < 1.29 is 9.90 Å². The van der Waals surface area contributed by atoms with E-state index in [-0.39, 0.29) is 5.92 Å². The fourth-order valence-electron chi connectivity index (χ4n) is 1.80. The van der Waals surface area contributed by atoms with E-state index in [9.17, 15) is 4.79 Å². The first-order valence-corrected chi connectivity index (χ1v) is 5.45. The van der Waals surface area contributed by atoms with Crippen LogP contribution in [-0.2, 0) is 4.79 Å². The van der Waals surface area contributed by atoms with Crippen LogP contribution in [-0.4, -0.2) is 23.7 Å². The summed E-state index contributed by atoms with van der Waals surface area (Å²) in [5.41, 5.74) is 6.66. The van der Waals surface area contributed by atoms with Gasteiger partial charge >= 0.3 is 5.97 Å². The van der Waals surface area contributed by atoms with Crippen molar-refractivity contribution in [3.05, 3.63) is 34.3 Å². The van der Waals surface area contributed by atoms with Crippen LogP contribution in [0.15, 0.2) is 28.7 Å². The number of rotatable bonds is 2. The van der Waals surface area contributed by atoms with Crippen LogP contribution in [0.25, 0.3) is 0 Å². The van der Waals surface area contributed by atoms with Crippen molar-refractivity contribution in [3.63, 3.8) is 0 Å². The first-order valence-electron chi connectivity index (χ1n) is 4.66. The maximum absolute atomic E-state index is 11.0. The van der Waals surface area contributed by atoms with Crippen LogP contribution in [0.2, 0.25) is 0 Å². The van der Waals surface area contributed by atoms with E-state index < -0.39 is 12.0 Å². The monoisotopic (exact) mass is 270 g/mol. The van der Waals surface area contributed by atoms with E-state index in [1.165, 1.54) is 0 Å². The van der Waals surface area contributed by atoms with Crippen molar-refractivity contribution in [3.8, 4) is 0 Å². The number of carboxylic acids is 1. The number of carboxylic acid groups (broad SMARTS) is 1. The smallest absolute Gasteiger partial charge is 0.322 e. The maximum atomic E-state index is 11.0. The Balaban J connectivity index is 2.30. The molecule has 2 unspecified atom stereocenters. The molecule has 0 radical (unpaired) electrons.